The Morgan fingerprint density at radius 3 is 2.00 bits per heavy atom. The molecule has 0 aliphatic carbocycles. The molecule has 0 N–H and O–H groups in total. The van der Waals surface area contributed by atoms with E-state index >= 15 is 0 Å². The van der Waals surface area contributed by atoms with Gasteiger partial charge in [0.25, 0.3) is 0 Å². The van der Waals surface area contributed by atoms with E-state index < -0.39 is 0 Å². The minimum atomic E-state index is 0.726. The van der Waals surface area contributed by atoms with E-state index in [1.165, 1.54) is 24.0 Å². The Balaban J connectivity index is 1.72. The van der Waals surface area contributed by atoms with Gasteiger partial charge in [0.15, 0.2) is 0 Å². The van der Waals surface area contributed by atoms with Gasteiger partial charge in [-0.3, -0.25) is 0 Å². The monoisotopic (exact) mass is 267 g/mol. The Bertz CT molecular complexity index is 478. The molecule has 0 radical (unpaired) electrons. The van der Waals surface area contributed by atoms with Gasteiger partial charge in [0.1, 0.15) is 0 Å². The maximum Gasteiger partial charge on any atom is 0.0230 e. The zero-order chi connectivity index (χ0) is 14.2. The summed E-state index contributed by atoms with van der Waals surface area (Å²) in [5, 5.41) is 0. The van der Waals surface area contributed by atoms with Crippen molar-refractivity contribution in [2.45, 2.75) is 26.3 Å². The Morgan fingerprint density at radius 1 is 0.850 bits per heavy atom. The van der Waals surface area contributed by atoms with Gasteiger partial charge < -0.3 is 4.90 Å². The van der Waals surface area contributed by atoms with E-state index in [1.54, 1.807) is 0 Å². The molecule has 1 heteroatoms. The SMILES string of the molecule is CC(CCc1ccccc1)CN(C)Cc1ccccc1. The standard InChI is InChI=1S/C19H25N/c1-17(13-14-18-9-5-3-6-10-18)15-20(2)16-19-11-7-4-8-12-19/h3-12,17H,13-16H2,1-2H3. The highest BCUT2D eigenvalue weighted by Crippen LogP contribution is 2.12. The second kappa shape index (κ2) is 7.86. The summed E-state index contributed by atoms with van der Waals surface area (Å²) in [4.78, 5) is 2.42. The van der Waals surface area contributed by atoms with Gasteiger partial charge in [-0.25, -0.2) is 0 Å². The number of nitrogens with zero attached hydrogens (tertiary/aromatic N) is 1. The van der Waals surface area contributed by atoms with Crippen LogP contribution in [0.2, 0.25) is 0 Å². The Kier molecular flexibility index (Phi) is 5.82. The lowest BCUT2D eigenvalue weighted by Gasteiger charge is -2.21. The molecule has 0 spiro atoms. The fourth-order valence-electron chi connectivity index (χ4n) is 2.64. The Labute approximate surface area is 123 Å². The summed E-state index contributed by atoms with van der Waals surface area (Å²) in [5.74, 6) is 0.726. The molecule has 1 atom stereocenters. The second-order valence-corrected chi connectivity index (χ2v) is 5.81. The fourth-order valence-corrected chi connectivity index (χ4v) is 2.64. The van der Waals surface area contributed by atoms with Crippen LogP contribution in [0.15, 0.2) is 60.7 Å². The fraction of sp³-hybridized carbons (Fsp3) is 0.368. The summed E-state index contributed by atoms with van der Waals surface area (Å²) in [6.07, 6.45) is 2.43. The first-order chi connectivity index (χ1) is 9.74. The molecule has 0 bridgehead atoms. The number of aryl methyl sites for hydroxylation is 1. The van der Waals surface area contributed by atoms with Gasteiger partial charge in [-0.15, -0.1) is 0 Å². The van der Waals surface area contributed by atoms with Crippen molar-refractivity contribution in [3.63, 3.8) is 0 Å². The normalized spacial score (nSPS) is 12.6. The van der Waals surface area contributed by atoms with Gasteiger partial charge in [0, 0.05) is 13.1 Å². The van der Waals surface area contributed by atoms with Crippen LogP contribution in [0.5, 0.6) is 0 Å². The molecule has 0 aliphatic rings. The van der Waals surface area contributed by atoms with Crippen molar-refractivity contribution in [1.82, 2.24) is 4.90 Å². The molecule has 0 saturated heterocycles. The third-order valence-corrected chi connectivity index (χ3v) is 3.69. The van der Waals surface area contributed by atoms with Gasteiger partial charge in [0.05, 0.1) is 0 Å². The van der Waals surface area contributed by atoms with E-state index in [9.17, 15) is 0 Å². The number of rotatable bonds is 7. The maximum atomic E-state index is 2.42. The van der Waals surface area contributed by atoms with Crippen molar-refractivity contribution < 1.29 is 0 Å². The molecule has 20 heavy (non-hydrogen) atoms. The summed E-state index contributed by atoms with van der Waals surface area (Å²) < 4.78 is 0. The zero-order valence-corrected chi connectivity index (χ0v) is 12.6. The van der Waals surface area contributed by atoms with E-state index in [0.717, 1.165) is 19.0 Å². The lowest BCUT2D eigenvalue weighted by molar-refractivity contribution is 0.271. The molecule has 2 rings (SSSR count). The van der Waals surface area contributed by atoms with Crippen molar-refractivity contribution in [1.29, 1.82) is 0 Å². The molecule has 2 aromatic carbocycles. The molecule has 0 aliphatic heterocycles. The van der Waals surface area contributed by atoms with Crippen LogP contribution in [-0.4, -0.2) is 18.5 Å². The number of benzene rings is 2. The van der Waals surface area contributed by atoms with E-state index in [4.69, 9.17) is 0 Å². The van der Waals surface area contributed by atoms with Crippen molar-refractivity contribution in [2.75, 3.05) is 13.6 Å². The van der Waals surface area contributed by atoms with E-state index in [2.05, 4.69) is 79.5 Å². The quantitative estimate of drug-likeness (QED) is 0.719. The molecule has 0 fully saturated rings. The summed E-state index contributed by atoms with van der Waals surface area (Å²) in [6, 6.07) is 21.5. The minimum Gasteiger partial charge on any atom is -0.302 e. The molecule has 0 amide bonds. The molecule has 2 aromatic rings. The largest absolute Gasteiger partial charge is 0.302 e. The van der Waals surface area contributed by atoms with Gasteiger partial charge in [-0.2, -0.15) is 0 Å². The Hall–Kier alpha value is -1.60. The molecule has 1 unspecified atom stereocenters. The summed E-state index contributed by atoms with van der Waals surface area (Å²) in [6.45, 7) is 4.54. The third-order valence-electron chi connectivity index (χ3n) is 3.69. The third kappa shape index (κ3) is 5.18. The van der Waals surface area contributed by atoms with Crippen molar-refractivity contribution in [3.05, 3.63) is 71.8 Å². The molecule has 106 valence electrons. The number of hydrogen-bond acceptors (Lipinski definition) is 1. The molecule has 0 saturated carbocycles. The van der Waals surface area contributed by atoms with Gasteiger partial charge in [-0.05, 0) is 36.9 Å². The van der Waals surface area contributed by atoms with E-state index in [-0.39, 0.29) is 0 Å². The van der Waals surface area contributed by atoms with Crippen LogP contribution in [0.25, 0.3) is 0 Å². The van der Waals surface area contributed by atoms with Crippen LogP contribution >= 0.6 is 0 Å². The zero-order valence-electron chi connectivity index (χ0n) is 12.6. The Morgan fingerprint density at radius 2 is 1.40 bits per heavy atom. The maximum absolute atomic E-state index is 2.42. The smallest absolute Gasteiger partial charge is 0.0230 e. The van der Waals surface area contributed by atoms with Crippen LogP contribution in [0.4, 0.5) is 0 Å². The average molecular weight is 267 g/mol. The number of hydrogen-bond donors (Lipinski definition) is 0. The van der Waals surface area contributed by atoms with Gasteiger partial charge >= 0.3 is 0 Å². The van der Waals surface area contributed by atoms with E-state index in [1.807, 2.05) is 0 Å². The van der Waals surface area contributed by atoms with Crippen molar-refractivity contribution in [3.8, 4) is 0 Å². The minimum absolute atomic E-state index is 0.726. The molecule has 1 nitrogen and oxygen atoms in total. The highest BCUT2D eigenvalue weighted by molar-refractivity contribution is 5.15. The van der Waals surface area contributed by atoms with E-state index in [0.29, 0.717) is 0 Å². The predicted octanol–water partition coefficient (Wildman–Crippen LogP) is 4.39. The van der Waals surface area contributed by atoms with Crippen LogP contribution in [0.3, 0.4) is 0 Å². The first-order valence-electron chi connectivity index (χ1n) is 7.50. The predicted molar refractivity (Wildman–Crippen MR) is 86.7 cm³/mol. The summed E-state index contributed by atoms with van der Waals surface area (Å²) >= 11 is 0. The summed E-state index contributed by atoms with van der Waals surface area (Å²) in [7, 11) is 2.21. The topological polar surface area (TPSA) is 3.24 Å². The lowest BCUT2D eigenvalue weighted by Crippen LogP contribution is -2.24. The van der Waals surface area contributed by atoms with Crippen molar-refractivity contribution >= 4 is 0 Å². The molecule has 0 aromatic heterocycles. The molecular formula is C19H25N. The van der Waals surface area contributed by atoms with Crippen LogP contribution < -0.4 is 0 Å². The highest BCUT2D eigenvalue weighted by atomic mass is 15.1. The van der Waals surface area contributed by atoms with Gasteiger partial charge in [-0.1, -0.05) is 67.6 Å². The highest BCUT2D eigenvalue weighted by Gasteiger charge is 2.07. The second-order valence-electron chi connectivity index (χ2n) is 5.81. The van der Waals surface area contributed by atoms with Gasteiger partial charge in [0.2, 0.25) is 0 Å². The lowest BCUT2D eigenvalue weighted by atomic mass is 10.0. The van der Waals surface area contributed by atoms with Crippen LogP contribution in [0.1, 0.15) is 24.5 Å². The first kappa shape index (κ1) is 14.8. The molecule has 0 heterocycles. The first-order valence-corrected chi connectivity index (χ1v) is 7.50. The van der Waals surface area contributed by atoms with Crippen LogP contribution in [-0.2, 0) is 13.0 Å². The molecular weight excluding hydrogens is 242 g/mol. The van der Waals surface area contributed by atoms with Crippen molar-refractivity contribution in [2.24, 2.45) is 5.92 Å². The van der Waals surface area contributed by atoms with Crippen LogP contribution in [0, 0.1) is 5.92 Å². The summed E-state index contributed by atoms with van der Waals surface area (Å²) in [5.41, 5.74) is 2.84. The average Bonchev–Trinajstić information content (AvgIpc) is 2.47.